The van der Waals surface area contributed by atoms with Crippen molar-refractivity contribution in [3.8, 4) is 0 Å². The molecule has 0 spiro atoms. The zero-order chi connectivity index (χ0) is 18.8. The van der Waals surface area contributed by atoms with Gasteiger partial charge >= 0.3 is 0 Å². The Balaban J connectivity index is 1.70. The van der Waals surface area contributed by atoms with Gasteiger partial charge in [0.1, 0.15) is 0 Å². The van der Waals surface area contributed by atoms with E-state index in [1.165, 1.54) is 5.56 Å². The van der Waals surface area contributed by atoms with Gasteiger partial charge in [0.2, 0.25) is 5.91 Å². The van der Waals surface area contributed by atoms with E-state index in [0.717, 1.165) is 45.1 Å². The third-order valence-electron chi connectivity index (χ3n) is 4.79. The molecule has 2 N–H and O–H groups in total. The number of aliphatic imine (C=N–C) groups is 1. The van der Waals surface area contributed by atoms with Gasteiger partial charge < -0.3 is 15.5 Å². The van der Waals surface area contributed by atoms with Crippen molar-refractivity contribution in [2.75, 3.05) is 39.8 Å². The quantitative estimate of drug-likeness (QED) is 0.574. The molecule has 0 aliphatic carbocycles. The Bertz CT molecular complexity index is 567. The maximum Gasteiger partial charge on any atom is 0.221 e. The molecule has 26 heavy (non-hydrogen) atoms. The summed E-state index contributed by atoms with van der Waals surface area (Å²) in [6.45, 7) is 9.64. The third kappa shape index (κ3) is 6.67. The van der Waals surface area contributed by atoms with Crippen LogP contribution in [0.5, 0.6) is 0 Å². The lowest BCUT2D eigenvalue weighted by Gasteiger charge is -2.36. The van der Waals surface area contributed by atoms with Gasteiger partial charge in [-0.25, -0.2) is 0 Å². The molecular weight excluding hydrogens is 326 g/mol. The summed E-state index contributed by atoms with van der Waals surface area (Å²) in [7, 11) is 1.80. The summed E-state index contributed by atoms with van der Waals surface area (Å²) in [5.74, 6) is 0.982. The van der Waals surface area contributed by atoms with E-state index in [2.05, 4.69) is 62.7 Å². The number of rotatable bonds is 7. The number of hydrogen-bond acceptors (Lipinski definition) is 3. The van der Waals surface area contributed by atoms with Gasteiger partial charge in [-0.15, -0.1) is 0 Å². The van der Waals surface area contributed by atoms with Crippen molar-refractivity contribution in [3.63, 3.8) is 0 Å². The first-order valence-electron chi connectivity index (χ1n) is 9.63. The number of nitrogens with zero attached hydrogens (tertiary/aromatic N) is 3. The van der Waals surface area contributed by atoms with Gasteiger partial charge in [-0.1, -0.05) is 37.3 Å². The van der Waals surface area contributed by atoms with Gasteiger partial charge in [0, 0.05) is 58.8 Å². The highest BCUT2D eigenvalue weighted by Crippen LogP contribution is 2.08. The van der Waals surface area contributed by atoms with Gasteiger partial charge in [-0.3, -0.25) is 14.7 Å². The number of guanidine groups is 1. The Morgan fingerprint density at radius 3 is 2.50 bits per heavy atom. The summed E-state index contributed by atoms with van der Waals surface area (Å²) in [4.78, 5) is 21.0. The summed E-state index contributed by atoms with van der Waals surface area (Å²) in [5, 5.41) is 6.31. The van der Waals surface area contributed by atoms with Crippen LogP contribution in [0.4, 0.5) is 0 Å². The van der Waals surface area contributed by atoms with Crippen LogP contribution in [-0.2, 0) is 11.3 Å². The van der Waals surface area contributed by atoms with Crippen LogP contribution < -0.4 is 10.6 Å². The van der Waals surface area contributed by atoms with Crippen LogP contribution in [0.2, 0.25) is 0 Å². The minimum atomic E-state index is 0.0926. The summed E-state index contributed by atoms with van der Waals surface area (Å²) >= 11 is 0. The Kier molecular flexibility index (Phi) is 8.41. The van der Waals surface area contributed by atoms with Gasteiger partial charge in [0.15, 0.2) is 5.96 Å². The molecule has 6 heteroatoms. The molecule has 1 aliphatic heterocycles. The molecule has 1 atom stereocenters. The Hall–Kier alpha value is -2.08. The molecule has 1 amide bonds. The molecule has 0 bridgehead atoms. The van der Waals surface area contributed by atoms with Crippen molar-refractivity contribution in [1.82, 2.24) is 20.4 Å². The van der Waals surface area contributed by atoms with Crippen LogP contribution in [0, 0.1) is 0 Å². The predicted octanol–water partition coefficient (Wildman–Crippen LogP) is 1.68. The normalized spacial score (nSPS) is 17.0. The molecule has 1 heterocycles. The number of carbonyl (C=O) groups excluding carboxylic acids is 1. The van der Waals surface area contributed by atoms with Gasteiger partial charge in [0.05, 0.1) is 0 Å². The molecule has 2 rings (SSSR count). The highest BCUT2D eigenvalue weighted by atomic mass is 16.1. The topological polar surface area (TPSA) is 60.0 Å². The van der Waals surface area contributed by atoms with E-state index in [0.29, 0.717) is 13.0 Å². The molecule has 0 radical (unpaired) electrons. The molecule has 0 saturated carbocycles. The van der Waals surface area contributed by atoms with Gasteiger partial charge in [0.25, 0.3) is 0 Å². The fourth-order valence-electron chi connectivity index (χ4n) is 3.03. The molecule has 1 fully saturated rings. The molecular formula is C20H33N5O. The number of hydrogen-bond donors (Lipinski definition) is 2. The molecule has 0 aromatic heterocycles. The van der Waals surface area contributed by atoms with Crippen molar-refractivity contribution < 1.29 is 4.79 Å². The molecule has 1 unspecified atom stereocenters. The van der Waals surface area contributed by atoms with Crippen molar-refractivity contribution in [3.05, 3.63) is 35.9 Å². The monoisotopic (exact) mass is 359 g/mol. The minimum Gasteiger partial charge on any atom is -0.356 e. The van der Waals surface area contributed by atoms with Gasteiger partial charge in [-0.2, -0.15) is 0 Å². The second-order valence-electron chi connectivity index (χ2n) is 6.85. The van der Waals surface area contributed by atoms with E-state index >= 15 is 0 Å². The standard InChI is InChI=1S/C20H33N5O/c1-4-17(2)23-19(26)10-11-22-20(21-3)25-14-12-24(13-15-25)16-18-8-6-5-7-9-18/h5-9,17H,4,10-16H2,1-3H3,(H,21,22)(H,23,26). The number of amides is 1. The largest absolute Gasteiger partial charge is 0.356 e. The number of benzene rings is 1. The Labute approximate surface area is 157 Å². The van der Waals surface area contributed by atoms with Crippen LogP contribution in [0.25, 0.3) is 0 Å². The van der Waals surface area contributed by atoms with E-state index in [9.17, 15) is 4.79 Å². The molecule has 1 aliphatic rings. The fraction of sp³-hybridized carbons (Fsp3) is 0.600. The first-order valence-corrected chi connectivity index (χ1v) is 9.63. The second-order valence-corrected chi connectivity index (χ2v) is 6.85. The van der Waals surface area contributed by atoms with Crippen molar-refractivity contribution in [2.45, 2.75) is 39.3 Å². The summed E-state index contributed by atoms with van der Waals surface area (Å²) in [5.41, 5.74) is 1.36. The number of nitrogens with one attached hydrogen (secondary N) is 2. The van der Waals surface area contributed by atoms with E-state index < -0.39 is 0 Å². The Morgan fingerprint density at radius 2 is 1.88 bits per heavy atom. The predicted molar refractivity (Wildman–Crippen MR) is 107 cm³/mol. The van der Waals surface area contributed by atoms with Gasteiger partial charge in [-0.05, 0) is 18.9 Å². The van der Waals surface area contributed by atoms with Crippen LogP contribution in [-0.4, -0.2) is 67.5 Å². The molecule has 6 nitrogen and oxygen atoms in total. The highest BCUT2D eigenvalue weighted by molar-refractivity contribution is 5.81. The van der Waals surface area contributed by atoms with Crippen LogP contribution in [0.1, 0.15) is 32.3 Å². The number of carbonyl (C=O) groups is 1. The van der Waals surface area contributed by atoms with E-state index in [1.807, 2.05) is 6.92 Å². The fourth-order valence-corrected chi connectivity index (χ4v) is 3.03. The van der Waals surface area contributed by atoms with Crippen molar-refractivity contribution in [2.24, 2.45) is 4.99 Å². The molecule has 1 saturated heterocycles. The summed E-state index contributed by atoms with van der Waals surface area (Å²) in [6, 6.07) is 10.8. The highest BCUT2D eigenvalue weighted by Gasteiger charge is 2.19. The van der Waals surface area contributed by atoms with Crippen molar-refractivity contribution in [1.29, 1.82) is 0 Å². The lowest BCUT2D eigenvalue weighted by molar-refractivity contribution is -0.121. The SMILES string of the molecule is CCC(C)NC(=O)CCNC(=NC)N1CCN(Cc2ccccc2)CC1. The molecule has 1 aromatic rings. The lowest BCUT2D eigenvalue weighted by Crippen LogP contribution is -2.52. The minimum absolute atomic E-state index is 0.0926. The summed E-state index contributed by atoms with van der Waals surface area (Å²) in [6.07, 6.45) is 1.42. The maximum absolute atomic E-state index is 11.9. The summed E-state index contributed by atoms with van der Waals surface area (Å²) < 4.78 is 0. The Morgan fingerprint density at radius 1 is 1.19 bits per heavy atom. The van der Waals surface area contributed by atoms with E-state index in [1.54, 1.807) is 7.05 Å². The van der Waals surface area contributed by atoms with E-state index in [4.69, 9.17) is 0 Å². The van der Waals surface area contributed by atoms with Crippen LogP contribution in [0.15, 0.2) is 35.3 Å². The zero-order valence-corrected chi connectivity index (χ0v) is 16.4. The maximum atomic E-state index is 11.9. The van der Waals surface area contributed by atoms with Crippen LogP contribution >= 0.6 is 0 Å². The van der Waals surface area contributed by atoms with E-state index in [-0.39, 0.29) is 11.9 Å². The lowest BCUT2D eigenvalue weighted by atomic mass is 10.2. The zero-order valence-electron chi connectivity index (χ0n) is 16.4. The van der Waals surface area contributed by atoms with Crippen LogP contribution in [0.3, 0.4) is 0 Å². The molecule has 1 aromatic carbocycles. The second kappa shape index (κ2) is 10.8. The first-order chi connectivity index (χ1) is 12.6. The van der Waals surface area contributed by atoms with Crippen molar-refractivity contribution >= 4 is 11.9 Å². The smallest absolute Gasteiger partial charge is 0.221 e. The average molecular weight is 360 g/mol. The number of piperazine rings is 1. The molecule has 144 valence electrons. The first kappa shape index (κ1) is 20.2. The average Bonchev–Trinajstić information content (AvgIpc) is 2.67. The third-order valence-corrected chi connectivity index (χ3v) is 4.79.